The average Bonchev–Trinajstić information content (AvgIpc) is 2.80. The van der Waals surface area contributed by atoms with Crippen LogP contribution in [0.15, 0.2) is 41.3 Å². The molecule has 1 aromatic heterocycles. The number of anilines is 1. The van der Waals surface area contributed by atoms with Crippen LogP contribution in [0.5, 0.6) is 0 Å². The van der Waals surface area contributed by atoms with Crippen LogP contribution in [0.4, 0.5) is 13.9 Å². The van der Waals surface area contributed by atoms with Gasteiger partial charge in [-0.1, -0.05) is 29.0 Å². The van der Waals surface area contributed by atoms with Gasteiger partial charge in [0.15, 0.2) is 10.9 Å². The summed E-state index contributed by atoms with van der Waals surface area (Å²) in [5.74, 6) is -1.60. The quantitative estimate of drug-likeness (QED) is 0.767. The second kappa shape index (κ2) is 5.45. The highest BCUT2D eigenvalue weighted by atomic mass is 35.5. The Morgan fingerprint density at radius 1 is 1.18 bits per heavy atom. The third kappa shape index (κ3) is 2.90. The van der Waals surface area contributed by atoms with Crippen LogP contribution in [0.1, 0.15) is 0 Å². The molecule has 0 aliphatic rings. The molecular formula is C13H7ClF2N2O2S2. The summed E-state index contributed by atoms with van der Waals surface area (Å²) in [5.41, 5.74) is -0.0878. The topological polar surface area (TPSA) is 59.1 Å². The molecule has 9 heteroatoms. The van der Waals surface area contributed by atoms with Gasteiger partial charge in [-0.15, -0.1) is 0 Å². The molecule has 1 heterocycles. The van der Waals surface area contributed by atoms with Crippen LogP contribution in [-0.4, -0.2) is 13.4 Å². The summed E-state index contributed by atoms with van der Waals surface area (Å²) < 4.78 is 53.6. The number of fused-ring (bicyclic) bond motifs is 1. The minimum absolute atomic E-state index is 0.0501. The highest BCUT2D eigenvalue weighted by molar-refractivity contribution is 7.93. The summed E-state index contributed by atoms with van der Waals surface area (Å²) in [7, 11) is -3.91. The lowest BCUT2D eigenvalue weighted by Crippen LogP contribution is -2.12. The lowest BCUT2D eigenvalue weighted by molar-refractivity contribution is 0.590. The van der Waals surface area contributed by atoms with Gasteiger partial charge in [0.05, 0.1) is 9.60 Å². The first kappa shape index (κ1) is 15.1. The predicted octanol–water partition coefficient (Wildman–Crippen LogP) is 4.03. The normalized spacial score (nSPS) is 11.8. The molecule has 2 aromatic carbocycles. The number of rotatable bonds is 3. The Balaban J connectivity index is 2.01. The molecule has 0 unspecified atom stereocenters. The molecule has 0 spiro atoms. The van der Waals surface area contributed by atoms with Crippen LogP contribution in [0, 0.1) is 11.6 Å². The van der Waals surface area contributed by atoms with Crippen LogP contribution < -0.4 is 4.72 Å². The molecule has 22 heavy (non-hydrogen) atoms. The van der Waals surface area contributed by atoms with Crippen molar-refractivity contribution in [2.45, 2.75) is 4.90 Å². The van der Waals surface area contributed by atoms with Crippen molar-refractivity contribution in [2.24, 2.45) is 0 Å². The summed E-state index contributed by atoms with van der Waals surface area (Å²) in [6.07, 6.45) is 0. The minimum Gasteiger partial charge on any atom is -0.255 e. The minimum atomic E-state index is -3.91. The molecule has 1 N–H and O–H groups in total. The molecule has 3 aromatic rings. The van der Waals surface area contributed by atoms with Crippen LogP contribution in [0.3, 0.4) is 0 Å². The smallest absolute Gasteiger partial charge is 0.255 e. The molecule has 0 aliphatic carbocycles. The van der Waals surface area contributed by atoms with E-state index in [4.69, 9.17) is 11.6 Å². The maximum atomic E-state index is 13.6. The summed E-state index contributed by atoms with van der Waals surface area (Å²) in [6, 6.07) is 7.45. The van der Waals surface area contributed by atoms with E-state index in [2.05, 4.69) is 9.71 Å². The number of aromatic nitrogens is 1. The number of hydrogen-bond donors (Lipinski definition) is 1. The number of thiazole rings is 1. The summed E-state index contributed by atoms with van der Waals surface area (Å²) in [5, 5.41) is 0.208. The number of hydrogen-bond acceptors (Lipinski definition) is 4. The molecule has 0 aliphatic heterocycles. The van der Waals surface area contributed by atoms with Gasteiger partial charge in [0, 0.05) is 11.1 Å². The van der Waals surface area contributed by atoms with Gasteiger partial charge in [-0.3, -0.25) is 4.72 Å². The van der Waals surface area contributed by atoms with E-state index in [0.29, 0.717) is 6.07 Å². The number of nitrogens with one attached hydrogen (secondary N) is 1. The molecular weight excluding hydrogens is 354 g/mol. The first-order valence-electron chi connectivity index (χ1n) is 5.89. The van der Waals surface area contributed by atoms with Crippen molar-refractivity contribution in [2.75, 3.05) is 4.72 Å². The van der Waals surface area contributed by atoms with E-state index in [0.717, 1.165) is 17.4 Å². The lowest BCUT2D eigenvalue weighted by atomic mass is 10.3. The van der Waals surface area contributed by atoms with Crippen molar-refractivity contribution >= 4 is 48.3 Å². The third-order valence-electron chi connectivity index (χ3n) is 2.74. The molecule has 0 saturated carbocycles. The van der Waals surface area contributed by atoms with Crippen LogP contribution in [0.25, 0.3) is 10.2 Å². The van der Waals surface area contributed by atoms with Gasteiger partial charge in [-0.05, 0) is 24.3 Å². The molecule has 0 atom stereocenters. The Kier molecular flexibility index (Phi) is 3.75. The number of halogens is 3. The lowest BCUT2D eigenvalue weighted by Gasteiger charge is -2.04. The SMILES string of the molecule is O=S(=O)(Nc1nc2c(F)cc(F)cc2s1)c1cccc(Cl)c1. The van der Waals surface area contributed by atoms with Crippen molar-refractivity contribution in [3.63, 3.8) is 0 Å². The van der Waals surface area contributed by atoms with Gasteiger partial charge in [0.1, 0.15) is 11.3 Å². The third-order valence-corrected chi connectivity index (χ3v) is 5.36. The van der Waals surface area contributed by atoms with Crippen LogP contribution in [0.2, 0.25) is 5.02 Å². The Labute approximate surface area is 133 Å². The number of nitrogens with zero attached hydrogens (tertiary/aromatic N) is 1. The zero-order valence-corrected chi connectivity index (χ0v) is 13.1. The molecule has 0 fully saturated rings. The summed E-state index contributed by atoms with van der Waals surface area (Å²) in [6.45, 7) is 0. The summed E-state index contributed by atoms with van der Waals surface area (Å²) >= 11 is 6.60. The number of sulfonamides is 1. The predicted molar refractivity (Wildman–Crippen MR) is 81.8 cm³/mol. The highest BCUT2D eigenvalue weighted by Gasteiger charge is 2.18. The maximum Gasteiger partial charge on any atom is 0.263 e. The fraction of sp³-hybridized carbons (Fsp3) is 0. The molecule has 0 bridgehead atoms. The van der Waals surface area contributed by atoms with Crippen molar-refractivity contribution in [3.8, 4) is 0 Å². The molecule has 114 valence electrons. The Hall–Kier alpha value is -1.77. The van der Waals surface area contributed by atoms with Crippen molar-refractivity contribution in [1.29, 1.82) is 0 Å². The van der Waals surface area contributed by atoms with Gasteiger partial charge in [0.2, 0.25) is 0 Å². The van der Waals surface area contributed by atoms with Gasteiger partial charge in [-0.25, -0.2) is 22.2 Å². The molecule has 3 rings (SSSR count). The first-order valence-corrected chi connectivity index (χ1v) is 8.57. The van der Waals surface area contributed by atoms with Crippen LogP contribution in [-0.2, 0) is 10.0 Å². The molecule has 0 radical (unpaired) electrons. The summed E-state index contributed by atoms with van der Waals surface area (Å²) in [4.78, 5) is 3.79. The molecule has 0 saturated heterocycles. The molecule has 4 nitrogen and oxygen atoms in total. The second-order valence-electron chi connectivity index (χ2n) is 4.32. The van der Waals surface area contributed by atoms with Crippen LogP contribution >= 0.6 is 22.9 Å². The van der Waals surface area contributed by atoms with E-state index in [1.807, 2.05) is 0 Å². The van der Waals surface area contributed by atoms with Crippen molar-refractivity contribution in [1.82, 2.24) is 4.98 Å². The van der Waals surface area contributed by atoms with E-state index in [-0.39, 0.29) is 25.3 Å². The van der Waals surface area contributed by atoms with E-state index in [1.165, 1.54) is 24.3 Å². The van der Waals surface area contributed by atoms with E-state index >= 15 is 0 Å². The first-order chi connectivity index (χ1) is 10.3. The zero-order chi connectivity index (χ0) is 15.9. The number of benzene rings is 2. The van der Waals surface area contributed by atoms with Gasteiger partial charge in [0.25, 0.3) is 10.0 Å². The van der Waals surface area contributed by atoms with Gasteiger partial charge >= 0.3 is 0 Å². The van der Waals surface area contributed by atoms with Crippen molar-refractivity contribution < 1.29 is 17.2 Å². The van der Waals surface area contributed by atoms with Crippen molar-refractivity contribution in [3.05, 3.63) is 53.1 Å². The Morgan fingerprint density at radius 2 is 1.95 bits per heavy atom. The average molecular weight is 361 g/mol. The van der Waals surface area contributed by atoms with Gasteiger partial charge in [-0.2, -0.15) is 0 Å². The largest absolute Gasteiger partial charge is 0.263 e. The monoisotopic (exact) mass is 360 g/mol. The zero-order valence-electron chi connectivity index (χ0n) is 10.7. The Bertz CT molecular complexity index is 973. The van der Waals surface area contributed by atoms with E-state index < -0.39 is 21.7 Å². The maximum absolute atomic E-state index is 13.6. The second-order valence-corrected chi connectivity index (χ2v) is 7.47. The van der Waals surface area contributed by atoms with Gasteiger partial charge < -0.3 is 0 Å². The fourth-order valence-electron chi connectivity index (χ4n) is 1.81. The molecule has 0 amide bonds. The van der Waals surface area contributed by atoms with E-state index in [1.54, 1.807) is 0 Å². The standard InChI is InChI=1S/C13H7ClF2N2O2S2/c14-7-2-1-3-9(4-7)22(19,20)18-13-17-12-10(16)5-8(15)6-11(12)21-13/h1-6H,(H,17,18). The highest BCUT2D eigenvalue weighted by Crippen LogP contribution is 2.30. The fourth-order valence-corrected chi connectivity index (χ4v) is 4.25. The van der Waals surface area contributed by atoms with E-state index in [9.17, 15) is 17.2 Å². The Morgan fingerprint density at radius 3 is 2.68 bits per heavy atom.